The molecule has 0 aromatic heterocycles. The molecule has 24 heavy (non-hydrogen) atoms. The van der Waals surface area contributed by atoms with Gasteiger partial charge in [0, 0.05) is 5.69 Å². The first-order valence-corrected chi connectivity index (χ1v) is 7.39. The van der Waals surface area contributed by atoms with E-state index in [1.807, 2.05) is 24.3 Å². The lowest BCUT2D eigenvalue weighted by Gasteiger charge is -2.20. The quantitative estimate of drug-likeness (QED) is 0.566. The Bertz CT molecular complexity index is 710. The number of rotatable bonds is 5. The van der Waals surface area contributed by atoms with Crippen LogP contribution in [-0.2, 0) is 4.79 Å². The summed E-state index contributed by atoms with van der Waals surface area (Å²) in [6.45, 7) is 0. The van der Waals surface area contributed by atoms with Crippen molar-refractivity contribution < 1.29 is 13.9 Å². The van der Waals surface area contributed by atoms with Gasteiger partial charge >= 0.3 is 0 Å². The third-order valence-electron chi connectivity index (χ3n) is 3.62. The molecule has 2 atom stereocenters. The second-order valence-electron chi connectivity index (χ2n) is 5.21. The Morgan fingerprint density at radius 3 is 2.58 bits per heavy atom. The SMILES string of the molecule is COc1ccc(NC2NNNC2C(=O)Nc2ccccc2F)cc1. The van der Waals surface area contributed by atoms with Crippen LogP contribution in [-0.4, -0.2) is 25.2 Å². The Kier molecular flexibility index (Phi) is 4.90. The molecule has 1 saturated heterocycles. The van der Waals surface area contributed by atoms with Crippen LogP contribution >= 0.6 is 0 Å². The van der Waals surface area contributed by atoms with Crippen LogP contribution in [0.2, 0.25) is 0 Å². The van der Waals surface area contributed by atoms with Crippen molar-refractivity contribution in [1.82, 2.24) is 16.4 Å². The zero-order valence-electron chi connectivity index (χ0n) is 13.0. The van der Waals surface area contributed by atoms with E-state index in [9.17, 15) is 9.18 Å². The summed E-state index contributed by atoms with van der Waals surface area (Å²) in [5, 5.41) is 5.75. The predicted molar refractivity (Wildman–Crippen MR) is 88.6 cm³/mol. The van der Waals surface area contributed by atoms with Crippen molar-refractivity contribution in [3.63, 3.8) is 0 Å². The van der Waals surface area contributed by atoms with Gasteiger partial charge in [-0.3, -0.25) is 4.79 Å². The van der Waals surface area contributed by atoms with E-state index in [1.54, 1.807) is 19.2 Å². The monoisotopic (exact) mass is 331 g/mol. The van der Waals surface area contributed by atoms with Gasteiger partial charge < -0.3 is 15.4 Å². The summed E-state index contributed by atoms with van der Waals surface area (Å²) < 4.78 is 18.8. The Morgan fingerprint density at radius 1 is 1.12 bits per heavy atom. The van der Waals surface area contributed by atoms with Gasteiger partial charge in [-0.25, -0.2) is 15.2 Å². The van der Waals surface area contributed by atoms with E-state index < -0.39 is 18.0 Å². The fourth-order valence-corrected chi connectivity index (χ4v) is 2.34. The molecule has 7 nitrogen and oxygen atoms in total. The first kappa shape index (κ1) is 16.2. The van der Waals surface area contributed by atoms with E-state index >= 15 is 0 Å². The number of amides is 1. The van der Waals surface area contributed by atoms with E-state index in [2.05, 4.69) is 27.0 Å². The highest BCUT2D eigenvalue weighted by Crippen LogP contribution is 2.17. The number of anilines is 2. The molecule has 0 aliphatic carbocycles. The molecule has 8 heteroatoms. The van der Waals surface area contributed by atoms with E-state index in [0.717, 1.165) is 11.4 Å². The van der Waals surface area contributed by atoms with Crippen LogP contribution in [0.25, 0.3) is 0 Å². The highest BCUT2D eigenvalue weighted by atomic mass is 19.1. The van der Waals surface area contributed by atoms with Crippen LogP contribution < -0.4 is 31.8 Å². The topological polar surface area (TPSA) is 86.5 Å². The summed E-state index contributed by atoms with van der Waals surface area (Å²) in [5.74, 6) is -0.113. The van der Waals surface area contributed by atoms with Crippen LogP contribution in [0.15, 0.2) is 48.5 Å². The largest absolute Gasteiger partial charge is 0.497 e. The summed E-state index contributed by atoms with van der Waals surface area (Å²) in [6.07, 6.45) is -0.426. The van der Waals surface area contributed by atoms with Gasteiger partial charge in [0.05, 0.1) is 12.8 Å². The second kappa shape index (κ2) is 7.26. The number of nitrogens with one attached hydrogen (secondary N) is 5. The second-order valence-corrected chi connectivity index (χ2v) is 5.21. The van der Waals surface area contributed by atoms with Gasteiger partial charge in [0.2, 0.25) is 5.91 Å². The smallest absolute Gasteiger partial charge is 0.246 e. The maximum atomic E-state index is 13.7. The van der Waals surface area contributed by atoms with Crippen LogP contribution in [0.5, 0.6) is 5.75 Å². The first-order chi connectivity index (χ1) is 11.7. The number of benzene rings is 2. The normalized spacial score (nSPS) is 19.8. The lowest BCUT2D eigenvalue weighted by molar-refractivity contribution is -0.118. The summed E-state index contributed by atoms with van der Waals surface area (Å²) >= 11 is 0. The zero-order valence-corrected chi connectivity index (χ0v) is 13.0. The van der Waals surface area contributed by atoms with Crippen LogP contribution in [0.1, 0.15) is 0 Å². The van der Waals surface area contributed by atoms with E-state index in [0.29, 0.717) is 0 Å². The fourth-order valence-electron chi connectivity index (χ4n) is 2.34. The van der Waals surface area contributed by atoms with Crippen LogP contribution in [0.4, 0.5) is 15.8 Å². The van der Waals surface area contributed by atoms with Crippen molar-refractivity contribution in [2.24, 2.45) is 0 Å². The fraction of sp³-hybridized carbons (Fsp3) is 0.188. The van der Waals surface area contributed by atoms with Gasteiger partial charge in [0.15, 0.2) is 0 Å². The van der Waals surface area contributed by atoms with Crippen molar-refractivity contribution in [3.8, 4) is 5.75 Å². The number of carbonyl (C=O) groups is 1. The molecule has 5 N–H and O–H groups in total. The van der Waals surface area contributed by atoms with Gasteiger partial charge in [-0.05, 0) is 36.4 Å². The third kappa shape index (κ3) is 3.62. The number of halogens is 1. The number of methoxy groups -OCH3 is 1. The van der Waals surface area contributed by atoms with E-state index in [-0.39, 0.29) is 11.6 Å². The molecule has 0 spiro atoms. The average Bonchev–Trinajstić information content (AvgIpc) is 3.06. The Morgan fingerprint density at radius 2 is 1.88 bits per heavy atom. The van der Waals surface area contributed by atoms with Gasteiger partial charge in [-0.1, -0.05) is 12.1 Å². The Labute approximate surface area is 138 Å². The molecule has 2 aromatic rings. The number of carbonyl (C=O) groups excluding carboxylic acids is 1. The van der Waals surface area contributed by atoms with Crippen molar-refractivity contribution >= 4 is 17.3 Å². The van der Waals surface area contributed by atoms with Crippen molar-refractivity contribution in [2.75, 3.05) is 17.7 Å². The Hall–Kier alpha value is -2.68. The highest BCUT2D eigenvalue weighted by molar-refractivity contribution is 5.95. The number of hydrogen-bond acceptors (Lipinski definition) is 6. The van der Waals surface area contributed by atoms with E-state index in [4.69, 9.17) is 4.74 Å². The summed E-state index contributed by atoms with van der Waals surface area (Å²) in [4.78, 5) is 12.4. The maximum Gasteiger partial charge on any atom is 0.246 e. The minimum atomic E-state index is -0.647. The molecular weight excluding hydrogens is 313 g/mol. The van der Waals surface area contributed by atoms with Gasteiger partial charge in [-0.2, -0.15) is 5.53 Å². The van der Waals surface area contributed by atoms with Crippen LogP contribution in [0, 0.1) is 5.82 Å². The molecule has 1 heterocycles. The molecule has 0 saturated carbocycles. The van der Waals surface area contributed by atoms with Gasteiger partial charge in [0.1, 0.15) is 23.8 Å². The molecule has 126 valence electrons. The summed E-state index contributed by atoms with van der Waals surface area (Å²) in [7, 11) is 1.60. The summed E-state index contributed by atoms with van der Waals surface area (Å²) in [6, 6.07) is 12.7. The summed E-state index contributed by atoms with van der Waals surface area (Å²) in [5.41, 5.74) is 9.36. The number of hydrogen-bond donors (Lipinski definition) is 5. The highest BCUT2D eigenvalue weighted by Gasteiger charge is 2.33. The maximum absolute atomic E-state index is 13.7. The third-order valence-corrected chi connectivity index (χ3v) is 3.62. The first-order valence-electron chi connectivity index (χ1n) is 7.39. The molecule has 1 aliphatic rings. The molecule has 1 fully saturated rings. The molecular formula is C16H18FN5O2. The number of ether oxygens (including phenoxy) is 1. The average molecular weight is 331 g/mol. The van der Waals surface area contributed by atoms with Crippen LogP contribution in [0.3, 0.4) is 0 Å². The van der Waals surface area contributed by atoms with E-state index in [1.165, 1.54) is 12.1 Å². The van der Waals surface area contributed by atoms with Gasteiger partial charge in [0.25, 0.3) is 0 Å². The van der Waals surface area contributed by atoms with Gasteiger partial charge in [-0.15, -0.1) is 0 Å². The molecule has 1 amide bonds. The molecule has 2 aromatic carbocycles. The lowest BCUT2D eigenvalue weighted by atomic mass is 10.2. The van der Waals surface area contributed by atoms with Crippen molar-refractivity contribution in [1.29, 1.82) is 0 Å². The molecule has 1 aliphatic heterocycles. The predicted octanol–water partition coefficient (Wildman–Crippen LogP) is 1.19. The number of para-hydroxylation sites is 1. The standard InChI is InChI=1S/C16H18FN5O2/c1-24-11-8-6-10(7-9-11)18-15-14(20-22-21-15)16(23)19-13-5-3-2-4-12(13)17/h2-9,14-15,18,20-22H,1H3,(H,19,23). The minimum Gasteiger partial charge on any atom is -0.497 e. The molecule has 2 unspecified atom stereocenters. The molecule has 0 radical (unpaired) electrons. The van der Waals surface area contributed by atoms with Crippen molar-refractivity contribution in [2.45, 2.75) is 12.2 Å². The molecule has 0 bridgehead atoms. The van der Waals surface area contributed by atoms with Crippen molar-refractivity contribution in [3.05, 3.63) is 54.3 Å². The number of hydrazine groups is 2. The Balaban J connectivity index is 1.66. The minimum absolute atomic E-state index is 0.138. The zero-order chi connectivity index (χ0) is 16.9. The lowest BCUT2D eigenvalue weighted by Crippen LogP contribution is -2.48. The molecule has 3 rings (SSSR count).